The van der Waals surface area contributed by atoms with Gasteiger partial charge < -0.3 is 20.1 Å². The zero-order valence-electron chi connectivity index (χ0n) is 12.6. The largest absolute Gasteiger partial charge is 0.480 e. The number of esters is 1. The second-order valence-electron chi connectivity index (χ2n) is 5.09. The summed E-state index contributed by atoms with van der Waals surface area (Å²) < 4.78 is 4.95. The van der Waals surface area contributed by atoms with Gasteiger partial charge in [0.2, 0.25) is 0 Å². The second-order valence-corrected chi connectivity index (χ2v) is 5.09. The Morgan fingerprint density at radius 2 is 2.10 bits per heavy atom. The predicted octanol–water partition coefficient (Wildman–Crippen LogP) is 1.37. The summed E-state index contributed by atoms with van der Waals surface area (Å²) in [6.07, 6.45) is 3.23. The van der Waals surface area contributed by atoms with Crippen LogP contribution in [0, 0.1) is 0 Å². The van der Waals surface area contributed by atoms with Crippen LogP contribution in [0.5, 0.6) is 0 Å². The van der Waals surface area contributed by atoms with Crippen molar-refractivity contribution < 1.29 is 24.2 Å². The summed E-state index contributed by atoms with van der Waals surface area (Å²) in [5.74, 6) is -1.48. The van der Waals surface area contributed by atoms with E-state index in [0.29, 0.717) is 25.8 Å². The number of rotatable bonds is 7. The number of urea groups is 1. The lowest BCUT2D eigenvalue weighted by Crippen LogP contribution is -2.51. The quantitative estimate of drug-likeness (QED) is 0.692. The van der Waals surface area contributed by atoms with E-state index in [1.54, 1.807) is 6.92 Å². The Morgan fingerprint density at radius 3 is 2.67 bits per heavy atom. The molecule has 1 heterocycles. The van der Waals surface area contributed by atoms with E-state index in [9.17, 15) is 14.4 Å². The van der Waals surface area contributed by atoms with Gasteiger partial charge in [-0.2, -0.15) is 0 Å². The molecule has 2 N–H and O–H groups in total. The standard InChI is InChI=1S/C14H24N2O5/c1-3-5-7-10(12(17)18)15-14(20)16-9-6-8-11(16)13(19)21-4-2/h10-11H,3-9H2,1-2H3,(H,15,20)(H,17,18). The highest BCUT2D eigenvalue weighted by molar-refractivity contribution is 5.87. The lowest BCUT2D eigenvalue weighted by Gasteiger charge is -2.25. The number of nitrogens with zero attached hydrogens (tertiary/aromatic N) is 1. The Balaban J connectivity index is 2.63. The molecular formula is C14H24N2O5. The number of aliphatic carboxylic acids is 1. The summed E-state index contributed by atoms with van der Waals surface area (Å²) in [5, 5.41) is 11.6. The van der Waals surface area contributed by atoms with E-state index in [1.807, 2.05) is 6.92 Å². The molecule has 1 rings (SSSR count). The lowest BCUT2D eigenvalue weighted by atomic mass is 10.1. The Bertz CT molecular complexity index is 386. The third-order valence-electron chi connectivity index (χ3n) is 3.51. The summed E-state index contributed by atoms with van der Waals surface area (Å²) in [6.45, 7) is 4.37. The first-order chi connectivity index (χ1) is 10.0. The molecule has 0 radical (unpaired) electrons. The fourth-order valence-corrected chi connectivity index (χ4v) is 2.39. The molecule has 0 spiro atoms. The van der Waals surface area contributed by atoms with Gasteiger partial charge >= 0.3 is 18.0 Å². The van der Waals surface area contributed by atoms with E-state index in [-0.39, 0.29) is 6.61 Å². The van der Waals surface area contributed by atoms with Gasteiger partial charge in [0.25, 0.3) is 0 Å². The molecule has 1 fully saturated rings. The number of carboxylic acids is 1. The van der Waals surface area contributed by atoms with E-state index in [4.69, 9.17) is 9.84 Å². The van der Waals surface area contributed by atoms with Gasteiger partial charge in [-0.15, -0.1) is 0 Å². The van der Waals surface area contributed by atoms with Crippen molar-refractivity contribution >= 4 is 18.0 Å². The van der Waals surface area contributed by atoms with Crippen LogP contribution in [-0.4, -0.2) is 53.2 Å². The van der Waals surface area contributed by atoms with Crippen molar-refractivity contribution in [3.8, 4) is 0 Å². The minimum absolute atomic E-state index is 0.263. The first-order valence-electron chi connectivity index (χ1n) is 7.47. The van der Waals surface area contributed by atoms with E-state index in [1.165, 1.54) is 4.90 Å². The molecule has 0 aliphatic carbocycles. The van der Waals surface area contributed by atoms with Crippen molar-refractivity contribution in [2.75, 3.05) is 13.2 Å². The summed E-state index contributed by atoms with van der Waals surface area (Å²) >= 11 is 0. The Kier molecular flexibility index (Phi) is 6.98. The molecule has 7 heteroatoms. The maximum absolute atomic E-state index is 12.2. The maximum Gasteiger partial charge on any atom is 0.328 e. The molecule has 0 aromatic carbocycles. The monoisotopic (exact) mass is 300 g/mol. The lowest BCUT2D eigenvalue weighted by molar-refractivity contribution is -0.147. The third-order valence-corrected chi connectivity index (χ3v) is 3.51. The van der Waals surface area contributed by atoms with Crippen molar-refractivity contribution in [3.63, 3.8) is 0 Å². The van der Waals surface area contributed by atoms with Gasteiger partial charge in [-0.1, -0.05) is 19.8 Å². The number of nitrogens with one attached hydrogen (secondary N) is 1. The number of unbranched alkanes of at least 4 members (excludes halogenated alkanes) is 1. The molecule has 120 valence electrons. The fourth-order valence-electron chi connectivity index (χ4n) is 2.39. The van der Waals surface area contributed by atoms with Gasteiger partial charge in [0, 0.05) is 6.54 Å². The van der Waals surface area contributed by atoms with E-state index < -0.39 is 30.1 Å². The SMILES string of the molecule is CCCCC(NC(=O)N1CCCC1C(=O)OCC)C(=O)O. The van der Waals surface area contributed by atoms with E-state index >= 15 is 0 Å². The van der Waals surface area contributed by atoms with Crippen LogP contribution < -0.4 is 5.32 Å². The first-order valence-corrected chi connectivity index (χ1v) is 7.47. The topological polar surface area (TPSA) is 95.9 Å². The van der Waals surface area contributed by atoms with Crippen LogP contribution in [0.2, 0.25) is 0 Å². The Hall–Kier alpha value is -1.79. The molecule has 1 aliphatic rings. The highest BCUT2D eigenvalue weighted by Crippen LogP contribution is 2.19. The highest BCUT2D eigenvalue weighted by atomic mass is 16.5. The summed E-state index contributed by atoms with van der Waals surface area (Å²) in [7, 11) is 0. The molecule has 2 unspecified atom stereocenters. The number of likely N-dealkylation sites (tertiary alicyclic amines) is 1. The minimum atomic E-state index is -1.05. The van der Waals surface area contributed by atoms with Crippen LogP contribution in [0.3, 0.4) is 0 Å². The van der Waals surface area contributed by atoms with Gasteiger partial charge in [-0.25, -0.2) is 14.4 Å². The molecule has 0 aromatic rings. The first kappa shape index (κ1) is 17.3. The number of amides is 2. The molecule has 1 saturated heterocycles. The number of ether oxygens (including phenoxy) is 1. The summed E-state index contributed by atoms with van der Waals surface area (Å²) in [5.41, 5.74) is 0. The van der Waals surface area contributed by atoms with Crippen LogP contribution in [-0.2, 0) is 14.3 Å². The average Bonchev–Trinajstić information content (AvgIpc) is 2.92. The van der Waals surface area contributed by atoms with E-state index in [2.05, 4.69) is 5.32 Å². The molecule has 1 aliphatic heterocycles. The van der Waals surface area contributed by atoms with Gasteiger partial charge in [0.15, 0.2) is 0 Å². The number of hydrogen-bond acceptors (Lipinski definition) is 4. The summed E-state index contributed by atoms with van der Waals surface area (Å²) in [6, 6.07) is -2.03. The number of carboxylic acid groups (broad SMARTS) is 1. The number of carbonyl (C=O) groups excluding carboxylic acids is 2. The van der Waals surface area contributed by atoms with Crippen LogP contribution in [0.4, 0.5) is 4.79 Å². The van der Waals surface area contributed by atoms with Gasteiger partial charge in [0.1, 0.15) is 12.1 Å². The van der Waals surface area contributed by atoms with E-state index in [0.717, 1.165) is 12.8 Å². The molecule has 0 bridgehead atoms. The third kappa shape index (κ3) is 4.91. The molecule has 0 aromatic heterocycles. The summed E-state index contributed by atoms with van der Waals surface area (Å²) in [4.78, 5) is 36.5. The molecular weight excluding hydrogens is 276 g/mol. The Morgan fingerprint density at radius 1 is 1.38 bits per heavy atom. The second kappa shape index (κ2) is 8.49. The maximum atomic E-state index is 12.2. The van der Waals surface area contributed by atoms with Crippen LogP contribution in [0.1, 0.15) is 46.0 Å². The molecule has 0 saturated carbocycles. The fraction of sp³-hybridized carbons (Fsp3) is 0.786. The Labute approximate surface area is 124 Å². The minimum Gasteiger partial charge on any atom is -0.480 e. The molecule has 2 atom stereocenters. The van der Waals surface area contributed by atoms with Crippen LogP contribution >= 0.6 is 0 Å². The zero-order valence-corrected chi connectivity index (χ0v) is 12.6. The normalized spacial score (nSPS) is 19.1. The van der Waals surface area contributed by atoms with Crippen molar-refractivity contribution in [1.82, 2.24) is 10.2 Å². The molecule has 21 heavy (non-hydrogen) atoms. The zero-order chi connectivity index (χ0) is 15.8. The van der Waals surface area contributed by atoms with Gasteiger partial charge in [-0.05, 0) is 26.2 Å². The van der Waals surface area contributed by atoms with Crippen LogP contribution in [0.25, 0.3) is 0 Å². The van der Waals surface area contributed by atoms with Crippen molar-refractivity contribution in [2.45, 2.75) is 58.0 Å². The average molecular weight is 300 g/mol. The number of hydrogen-bond donors (Lipinski definition) is 2. The van der Waals surface area contributed by atoms with Crippen molar-refractivity contribution in [2.24, 2.45) is 0 Å². The smallest absolute Gasteiger partial charge is 0.328 e. The number of carbonyl (C=O) groups is 3. The van der Waals surface area contributed by atoms with Gasteiger partial charge in [0.05, 0.1) is 6.61 Å². The molecule has 7 nitrogen and oxygen atoms in total. The van der Waals surface area contributed by atoms with Crippen molar-refractivity contribution in [3.05, 3.63) is 0 Å². The van der Waals surface area contributed by atoms with Crippen molar-refractivity contribution in [1.29, 1.82) is 0 Å². The van der Waals surface area contributed by atoms with Crippen LogP contribution in [0.15, 0.2) is 0 Å². The van der Waals surface area contributed by atoms with Gasteiger partial charge in [-0.3, -0.25) is 0 Å². The molecule has 2 amide bonds. The highest BCUT2D eigenvalue weighted by Gasteiger charge is 2.36. The predicted molar refractivity (Wildman–Crippen MR) is 75.8 cm³/mol.